The highest BCUT2D eigenvalue weighted by Gasteiger charge is 2.08. The third-order valence-corrected chi connectivity index (χ3v) is 3.22. The summed E-state index contributed by atoms with van der Waals surface area (Å²) in [7, 11) is 0. The second kappa shape index (κ2) is 3.55. The number of carbonyl (C=O) groups is 1. The van der Waals surface area contributed by atoms with E-state index < -0.39 is 0 Å². The van der Waals surface area contributed by atoms with Crippen molar-refractivity contribution in [2.45, 2.75) is 5.16 Å². The molecular weight excluding hydrogens is 218 g/mol. The van der Waals surface area contributed by atoms with Crippen molar-refractivity contribution < 1.29 is 4.79 Å². The molecule has 2 rings (SSSR count). The summed E-state index contributed by atoms with van der Waals surface area (Å²) in [5.41, 5.74) is 5.73. The molecule has 0 aromatic carbocycles. The number of nitrogen functional groups attached to an aromatic ring is 1. The number of hydrogen-bond acceptors (Lipinski definition) is 6. The van der Waals surface area contributed by atoms with Crippen LogP contribution in [0.5, 0.6) is 0 Å². The lowest BCUT2D eigenvalue weighted by Crippen LogP contribution is -1.94. The van der Waals surface area contributed by atoms with Gasteiger partial charge in [-0.25, -0.2) is 9.97 Å². The number of aromatic nitrogens is 2. The Morgan fingerprint density at radius 1 is 1.57 bits per heavy atom. The van der Waals surface area contributed by atoms with Crippen LogP contribution in [0, 0.1) is 0 Å². The lowest BCUT2D eigenvalue weighted by molar-refractivity contribution is 0.112. The minimum atomic E-state index is 0.434. The van der Waals surface area contributed by atoms with E-state index in [0.29, 0.717) is 15.9 Å². The molecular formula is C8H7N3OS2. The predicted octanol–water partition coefficient (Wildman–Crippen LogP) is 1.81. The van der Waals surface area contributed by atoms with Crippen molar-refractivity contribution in [1.82, 2.24) is 9.97 Å². The number of rotatable bonds is 2. The van der Waals surface area contributed by atoms with Crippen molar-refractivity contribution in [2.24, 2.45) is 0 Å². The number of thiophene rings is 1. The first-order valence-electron chi connectivity index (χ1n) is 3.81. The molecule has 0 radical (unpaired) electrons. The van der Waals surface area contributed by atoms with Crippen molar-refractivity contribution in [2.75, 3.05) is 12.0 Å². The molecule has 0 aliphatic carbocycles. The average Bonchev–Trinajstić information content (AvgIpc) is 2.61. The SMILES string of the molecule is CSc1nc(N)c2cc(C=O)sc2n1. The van der Waals surface area contributed by atoms with E-state index in [4.69, 9.17) is 5.73 Å². The molecule has 2 heterocycles. The molecule has 6 heteroatoms. The number of aldehydes is 1. The Hall–Kier alpha value is -1.14. The number of carbonyl (C=O) groups excluding carboxylic acids is 1. The molecule has 72 valence electrons. The maximum Gasteiger partial charge on any atom is 0.190 e. The van der Waals surface area contributed by atoms with E-state index in [1.54, 1.807) is 6.07 Å². The van der Waals surface area contributed by atoms with Gasteiger partial charge in [0.05, 0.1) is 10.3 Å². The van der Waals surface area contributed by atoms with E-state index in [2.05, 4.69) is 9.97 Å². The number of anilines is 1. The van der Waals surface area contributed by atoms with E-state index in [0.717, 1.165) is 16.5 Å². The fraction of sp³-hybridized carbons (Fsp3) is 0.125. The minimum absolute atomic E-state index is 0.434. The molecule has 0 unspecified atom stereocenters. The number of hydrogen-bond donors (Lipinski definition) is 1. The molecule has 0 atom stereocenters. The fourth-order valence-electron chi connectivity index (χ4n) is 1.09. The van der Waals surface area contributed by atoms with Crippen LogP contribution in [0.4, 0.5) is 5.82 Å². The second-order valence-electron chi connectivity index (χ2n) is 2.58. The summed E-state index contributed by atoms with van der Waals surface area (Å²) in [5.74, 6) is 0.434. The van der Waals surface area contributed by atoms with Crippen LogP contribution in [0.2, 0.25) is 0 Å². The fourth-order valence-corrected chi connectivity index (χ4v) is 2.37. The molecule has 0 aliphatic rings. The van der Waals surface area contributed by atoms with Crippen LogP contribution in [0.3, 0.4) is 0 Å². The molecule has 0 bridgehead atoms. The molecule has 2 aromatic heterocycles. The maximum absolute atomic E-state index is 10.6. The van der Waals surface area contributed by atoms with Crippen LogP contribution < -0.4 is 5.73 Å². The summed E-state index contributed by atoms with van der Waals surface area (Å²) in [6, 6.07) is 1.71. The van der Waals surface area contributed by atoms with E-state index in [9.17, 15) is 4.79 Å². The van der Waals surface area contributed by atoms with Gasteiger partial charge in [-0.2, -0.15) is 0 Å². The van der Waals surface area contributed by atoms with Gasteiger partial charge in [-0.3, -0.25) is 4.79 Å². The Balaban J connectivity index is 2.73. The van der Waals surface area contributed by atoms with Gasteiger partial charge in [0.1, 0.15) is 10.6 Å². The highest BCUT2D eigenvalue weighted by Crippen LogP contribution is 2.28. The van der Waals surface area contributed by atoms with Crippen LogP contribution in [-0.4, -0.2) is 22.5 Å². The summed E-state index contributed by atoms with van der Waals surface area (Å²) in [6.07, 6.45) is 2.68. The maximum atomic E-state index is 10.6. The first-order chi connectivity index (χ1) is 6.74. The van der Waals surface area contributed by atoms with Crippen LogP contribution in [0.15, 0.2) is 11.2 Å². The van der Waals surface area contributed by atoms with Gasteiger partial charge >= 0.3 is 0 Å². The van der Waals surface area contributed by atoms with Crippen molar-refractivity contribution >= 4 is 45.4 Å². The Morgan fingerprint density at radius 2 is 2.36 bits per heavy atom. The molecule has 14 heavy (non-hydrogen) atoms. The Bertz CT molecular complexity index is 495. The van der Waals surface area contributed by atoms with Gasteiger partial charge in [-0.1, -0.05) is 11.8 Å². The lowest BCUT2D eigenvalue weighted by Gasteiger charge is -1.97. The topological polar surface area (TPSA) is 68.9 Å². The largest absolute Gasteiger partial charge is 0.383 e. The normalized spacial score (nSPS) is 10.6. The van der Waals surface area contributed by atoms with Crippen molar-refractivity contribution in [3.8, 4) is 0 Å². The van der Waals surface area contributed by atoms with Crippen LogP contribution in [-0.2, 0) is 0 Å². The van der Waals surface area contributed by atoms with E-state index in [-0.39, 0.29) is 0 Å². The van der Waals surface area contributed by atoms with Crippen molar-refractivity contribution in [3.05, 3.63) is 10.9 Å². The third kappa shape index (κ3) is 1.46. The monoisotopic (exact) mass is 225 g/mol. The van der Waals surface area contributed by atoms with E-state index >= 15 is 0 Å². The van der Waals surface area contributed by atoms with Gasteiger partial charge < -0.3 is 5.73 Å². The van der Waals surface area contributed by atoms with Crippen molar-refractivity contribution in [3.63, 3.8) is 0 Å². The zero-order valence-corrected chi connectivity index (χ0v) is 8.98. The first kappa shape index (κ1) is 9.42. The molecule has 0 fully saturated rings. The van der Waals surface area contributed by atoms with Gasteiger partial charge in [0.2, 0.25) is 0 Å². The van der Waals surface area contributed by atoms with Gasteiger partial charge in [0.15, 0.2) is 11.4 Å². The Morgan fingerprint density at radius 3 is 3.00 bits per heavy atom. The number of nitrogens with two attached hydrogens (primary N) is 1. The van der Waals surface area contributed by atoms with Gasteiger partial charge in [0.25, 0.3) is 0 Å². The molecule has 0 saturated carbocycles. The van der Waals surface area contributed by atoms with Crippen LogP contribution in [0.1, 0.15) is 9.67 Å². The molecule has 0 amide bonds. The minimum Gasteiger partial charge on any atom is -0.383 e. The Kier molecular flexibility index (Phi) is 2.39. The quantitative estimate of drug-likeness (QED) is 0.479. The summed E-state index contributed by atoms with van der Waals surface area (Å²) >= 11 is 2.76. The van der Waals surface area contributed by atoms with Crippen molar-refractivity contribution in [1.29, 1.82) is 0 Å². The highest BCUT2D eigenvalue weighted by molar-refractivity contribution is 7.98. The Labute approximate surface area is 88.5 Å². The third-order valence-electron chi connectivity index (χ3n) is 1.72. The molecule has 0 aliphatic heterocycles. The average molecular weight is 225 g/mol. The predicted molar refractivity (Wildman–Crippen MR) is 59.0 cm³/mol. The molecule has 0 spiro atoms. The lowest BCUT2D eigenvalue weighted by atomic mass is 10.3. The molecule has 2 aromatic rings. The molecule has 2 N–H and O–H groups in total. The number of thioether (sulfide) groups is 1. The van der Waals surface area contributed by atoms with E-state index in [1.165, 1.54) is 23.1 Å². The number of nitrogens with zero attached hydrogens (tertiary/aromatic N) is 2. The van der Waals surface area contributed by atoms with Gasteiger partial charge in [-0.15, -0.1) is 11.3 Å². The first-order valence-corrected chi connectivity index (χ1v) is 5.85. The summed E-state index contributed by atoms with van der Waals surface area (Å²) in [6.45, 7) is 0. The summed E-state index contributed by atoms with van der Waals surface area (Å²) in [5, 5.41) is 1.39. The number of fused-ring (bicyclic) bond motifs is 1. The highest BCUT2D eigenvalue weighted by atomic mass is 32.2. The molecule has 0 saturated heterocycles. The molecule has 4 nitrogen and oxygen atoms in total. The zero-order chi connectivity index (χ0) is 10.1. The van der Waals surface area contributed by atoms with Crippen LogP contribution in [0.25, 0.3) is 10.2 Å². The second-order valence-corrected chi connectivity index (χ2v) is 4.42. The van der Waals surface area contributed by atoms with Gasteiger partial charge in [0, 0.05) is 0 Å². The van der Waals surface area contributed by atoms with E-state index in [1.807, 2.05) is 6.26 Å². The van der Waals surface area contributed by atoms with Crippen LogP contribution >= 0.6 is 23.1 Å². The summed E-state index contributed by atoms with van der Waals surface area (Å²) in [4.78, 5) is 20.3. The smallest absolute Gasteiger partial charge is 0.190 e. The standard InChI is InChI=1S/C8H7N3OS2/c1-13-8-10-6(9)5-2-4(3-12)14-7(5)11-8/h2-3H,1H3,(H2,9,10,11). The summed E-state index contributed by atoms with van der Waals surface area (Å²) < 4.78 is 0. The zero-order valence-electron chi connectivity index (χ0n) is 7.35. The van der Waals surface area contributed by atoms with Gasteiger partial charge in [-0.05, 0) is 12.3 Å².